The van der Waals surface area contributed by atoms with Gasteiger partial charge in [0.2, 0.25) is 5.91 Å². The zero-order chi connectivity index (χ0) is 28.7. The van der Waals surface area contributed by atoms with Crippen molar-refractivity contribution >= 4 is 23.4 Å². The van der Waals surface area contributed by atoms with E-state index in [1.807, 2.05) is 47.4 Å². The number of unbranched alkanes of at least 4 members (excludes halogenated alkanes) is 3. The van der Waals surface area contributed by atoms with Crippen LogP contribution in [0.5, 0.6) is 0 Å². The minimum absolute atomic E-state index is 0.000304. The average Bonchev–Trinajstić information content (AvgIpc) is 3.26. The third-order valence-electron chi connectivity index (χ3n) is 9.28. The summed E-state index contributed by atoms with van der Waals surface area (Å²) in [5, 5.41) is 3.17. The van der Waals surface area contributed by atoms with Gasteiger partial charge in [-0.3, -0.25) is 14.4 Å². The van der Waals surface area contributed by atoms with Crippen molar-refractivity contribution in [3.8, 4) is 0 Å². The highest BCUT2D eigenvalue weighted by atomic mass is 16.2. The molecule has 3 aliphatic rings. The average molecular weight is 559 g/mol. The molecule has 7 nitrogen and oxygen atoms in total. The molecule has 2 aliphatic heterocycles. The molecule has 3 fully saturated rings. The van der Waals surface area contributed by atoms with Crippen LogP contribution in [0.2, 0.25) is 0 Å². The SMILES string of the molecule is CCCCCCc1ccc(C(=O)N2CCC3(CC2)C(=O)N(CC(=O)NC2CCCCC2)CN3c2ccccc2)cc1. The molecule has 0 unspecified atom stereocenters. The first-order valence-corrected chi connectivity index (χ1v) is 15.8. The van der Waals surface area contributed by atoms with Gasteiger partial charge in [0.1, 0.15) is 12.1 Å². The zero-order valence-corrected chi connectivity index (χ0v) is 24.7. The van der Waals surface area contributed by atoms with Gasteiger partial charge in [-0.05, 0) is 68.4 Å². The number of nitrogens with zero attached hydrogens (tertiary/aromatic N) is 3. The standard InChI is InChI=1S/C34H46N4O3/c1-2-3-4-7-12-27-17-19-28(20-18-27)32(40)36-23-21-34(22-24-36)33(41)37(26-38(34)30-15-10-6-11-16-30)25-31(39)35-29-13-8-5-9-14-29/h6,10-11,15-20,29H,2-5,7-9,12-14,21-26H2,1H3,(H,35,39). The normalized spacial score (nSPS) is 19.1. The fourth-order valence-corrected chi connectivity index (χ4v) is 6.85. The number of piperidine rings is 1. The van der Waals surface area contributed by atoms with Crippen molar-refractivity contribution in [3.05, 3.63) is 65.7 Å². The van der Waals surface area contributed by atoms with Crippen LogP contribution in [0.4, 0.5) is 5.69 Å². The van der Waals surface area contributed by atoms with E-state index in [9.17, 15) is 14.4 Å². The molecule has 0 aromatic heterocycles. The van der Waals surface area contributed by atoms with Crippen LogP contribution in [0.3, 0.4) is 0 Å². The number of aryl methyl sites for hydroxylation is 1. The maximum absolute atomic E-state index is 14.0. The van der Waals surface area contributed by atoms with Crippen LogP contribution in [0.15, 0.2) is 54.6 Å². The number of hydrogen-bond acceptors (Lipinski definition) is 4. The molecule has 1 aliphatic carbocycles. The van der Waals surface area contributed by atoms with Crippen molar-refractivity contribution in [1.82, 2.24) is 15.1 Å². The Morgan fingerprint density at radius 3 is 2.29 bits per heavy atom. The van der Waals surface area contributed by atoms with E-state index in [1.165, 1.54) is 37.7 Å². The van der Waals surface area contributed by atoms with Crippen LogP contribution in [0.25, 0.3) is 0 Å². The van der Waals surface area contributed by atoms with Crippen molar-refractivity contribution < 1.29 is 14.4 Å². The lowest BCUT2D eigenvalue weighted by Gasteiger charge is -2.43. The van der Waals surface area contributed by atoms with Gasteiger partial charge in [-0.2, -0.15) is 0 Å². The molecule has 3 amide bonds. The largest absolute Gasteiger partial charge is 0.352 e. The first kappa shape index (κ1) is 29.2. The maximum Gasteiger partial charge on any atom is 0.253 e. The molecule has 2 aromatic carbocycles. The molecular weight excluding hydrogens is 512 g/mol. The number of carbonyl (C=O) groups is 3. The fourth-order valence-electron chi connectivity index (χ4n) is 6.85. The van der Waals surface area contributed by atoms with Crippen molar-refractivity contribution in [3.63, 3.8) is 0 Å². The summed E-state index contributed by atoms with van der Waals surface area (Å²) in [6, 6.07) is 18.3. The van der Waals surface area contributed by atoms with Gasteiger partial charge < -0.3 is 20.0 Å². The summed E-state index contributed by atoms with van der Waals surface area (Å²) >= 11 is 0. The van der Waals surface area contributed by atoms with E-state index >= 15 is 0 Å². The van der Waals surface area contributed by atoms with Gasteiger partial charge in [0, 0.05) is 30.4 Å². The van der Waals surface area contributed by atoms with E-state index < -0.39 is 5.54 Å². The van der Waals surface area contributed by atoms with E-state index in [1.54, 1.807) is 4.90 Å². The van der Waals surface area contributed by atoms with Crippen LogP contribution >= 0.6 is 0 Å². The Kier molecular flexibility index (Phi) is 9.63. The number of amides is 3. The Morgan fingerprint density at radius 2 is 1.61 bits per heavy atom. The third kappa shape index (κ3) is 6.77. The van der Waals surface area contributed by atoms with Crippen LogP contribution in [0.1, 0.15) is 93.5 Å². The first-order valence-electron chi connectivity index (χ1n) is 15.8. The van der Waals surface area contributed by atoms with Crippen molar-refractivity contribution in [2.45, 2.75) is 95.6 Å². The van der Waals surface area contributed by atoms with Crippen LogP contribution in [-0.2, 0) is 16.0 Å². The molecule has 1 saturated carbocycles. The molecule has 2 heterocycles. The monoisotopic (exact) mass is 558 g/mol. The van der Waals surface area contributed by atoms with Gasteiger partial charge in [-0.25, -0.2) is 0 Å². The molecule has 2 aromatic rings. The summed E-state index contributed by atoms with van der Waals surface area (Å²) in [5.74, 6) is -0.0470. The summed E-state index contributed by atoms with van der Waals surface area (Å²) < 4.78 is 0. The molecular formula is C34H46N4O3. The van der Waals surface area contributed by atoms with E-state index in [2.05, 4.69) is 29.3 Å². The van der Waals surface area contributed by atoms with Crippen LogP contribution in [-0.4, -0.2) is 65.4 Å². The lowest BCUT2D eigenvalue weighted by Crippen LogP contribution is -2.57. The Morgan fingerprint density at radius 1 is 0.902 bits per heavy atom. The van der Waals surface area contributed by atoms with E-state index in [-0.39, 0.29) is 30.3 Å². The van der Waals surface area contributed by atoms with Crippen molar-refractivity contribution in [2.75, 3.05) is 31.2 Å². The van der Waals surface area contributed by atoms with Gasteiger partial charge in [0.15, 0.2) is 0 Å². The first-order chi connectivity index (χ1) is 20.0. The smallest absolute Gasteiger partial charge is 0.253 e. The van der Waals surface area contributed by atoms with Crippen molar-refractivity contribution in [2.24, 2.45) is 0 Å². The van der Waals surface area contributed by atoms with E-state index in [0.717, 1.165) is 37.8 Å². The van der Waals surface area contributed by atoms with Gasteiger partial charge in [0.05, 0.1) is 6.67 Å². The van der Waals surface area contributed by atoms with Gasteiger partial charge in [-0.1, -0.05) is 75.8 Å². The molecule has 1 spiro atoms. The third-order valence-corrected chi connectivity index (χ3v) is 9.28. The van der Waals surface area contributed by atoms with Gasteiger partial charge >= 0.3 is 0 Å². The molecule has 41 heavy (non-hydrogen) atoms. The molecule has 1 N–H and O–H groups in total. The second-order valence-electron chi connectivity index (χ2n) is 12.1. The zero-order valence-electron chi connectivity index (χ0n) is 24.7. The van der Waals surface area contributed by atoms with E-state index in [4.69, 9.17) is 0 Å². The van der Waals surface area contributed by atoms with Crippen LogP contribution < -0.4 is 10.2 Å². The predicted molar refractivity (Wildman–Crippen MR) is 163 cm³/mol. The van der Waals surface area contributed by atoms with Gasteiger partial charge in [0.25, 0.3) is 11.8 Å². The minimum Gasteiger partial charge on any atom is -0.352 e. The Bertz CT molecular complexity index is 1170. The number of nitrogens with one attached hydrogen (secondary N) is 1. The molecule has 5 rings (SSSR count). The molecule has 2 saturated heterocycles. The summed E-state index contributed by atoms with van der Waals surface area (Å²) in [6.07, 6.45) is 12.6. The summed E-state index contributed by atoms with van der Waals surface area (Å²) in [5.41, 5.74) is 2.21. The number of hydrogen-bond donors (Lipinski definition) is 1. The highest BCUT2D eigenvalue weighted by Gasteiger charge is 2.54. The number of likely N-dealkylation sites (tertiary alicyclic amines) is 1. The Hall–Kier alpha value is -3.35. The summed E-state index contributed by atoms with van der Waals surface area (Å²) in [6.45, 7) is 3.70. The molecule has 0 atom stereocenters. The molecule has 7 heteroatoms. The highest BCUT2D eigenvalue weighted by molar-refractivity contribution is 5.97. The topological polar surface area (TPSA) is 73.0 Å². The van der Waals surface area contributed by atoms with Crippen molar-refractivity contribution in [1.29, 1.82) is 0 Å². The molecule has 0 radical (unpaired) electrons. The number of anilines is 1. The Balaban J connectivity index is 1.24. The second-order valence-corrected chi connectivity index (χ2v) is 12.1. The quantitative estimate of drug-likeness (QED) is 0.389. The second kappa shape index (κ2) is 13.5. The summed E-state index contributed by atoms with van der Waals surface area (Å²) in [4.78, 5) is 46.1. The maximum atomic E-state index is 14.0. The molecule has 0 bridgehead atoms. The van der Waals surface area contributed by atoms with Crippen LogP contribution in [0, 0.1) is 0 Å². The number of para-hydroxylation sites is 1. The fraction of sp³-hybridized carbons (Fsp3) is 0.559. The predicted octanol–water partition coefficient (Wildman–Crippen LogP) is 5.54. The molecule has 220 valence electrons. The minimum atomic E-state index is -0.744. The number of carbonyl (C=O) groups excluding carboxylic acids is 3. The lowest BCUT2D eigenvalue weighted by molar-refractivity contribution is -0.137. The number of benzene rings is 2. The number of rotatable bonds is 10. The van der Waals surface area contributed by atoms with E-state index in [0.29, 0.717) is 38.2 Å². The Labute approximate surface area is 245 Å². The summed E-state index contributed by atoms with van der Waals surface area (Å²) in [7, 11) is 0. The lowest BCUT2D eigenvalue weighted by atomic mass is 9.85. The van der Waals surface area contributed by atoms with Gasteiger partial charge in [-0.15, -0.1) is 0 Å². The highest BCUT2D eigenvalue weighted by Crippen LogP contribution is 2.39.